The van der Waals surface area contributed by atoms with Crippen molar-refractivity contribution in [3.8, 4) is 0 Å². The van der Waals surface area contributed by atoms with Crippen LogP contribution in [0.25, 0.3) is 0 Å². The highest BCUT2D eigenvalue weighted by molar-refractivity contribution is 5.00. The lowest BCUT2D eigenvalue weighted by Crippen LogP contribution is -2.58. The molecule has 2 atom stereocenters. The highest BCUT2D eigenvalue weighted by atomic mass is 16.5. The van der Waals surface area contributed by atoms with Gasteiger partial charge in [0, 0.05) is 19.7 Å². The first-order chi connectivity index (χ1) is 9.14. The number of likely N-dealkylation sites (N-methyl/N-ethyl adjacent to an activating group) is 1. The Bertz CT molecular complexity index is 246. The summed E-state index contributed by atoms with van der Waals surface area (Å²) in [6.45, 7) is 16.1. The smallest absolute Gasteiger partial charge is 0.0743 e. The molecule has 1 fully saturated rings. The van der Waals surface area contributed by atoms with Gasteiger partial charge >= 0.3 is 0 Å². The molecule has 0 amide bonds. The molecule has 1 rings (SSSR count). The summed E-state index contributed by atoms with van der Waals surface area (Å²) in [5, 5.41) is 0. The van der Waals surface area contributed by atoms with Gasteiger partial charge in [-0.25, -0.2) is 0 Å². The van der Waals surface area contributed by atoms with Crippen LogP contribution in [0.4, 0.5) is 0 Å². The van der Waals surface area contributed by atoms with Crippen molar-refractivity contribution in [1.29, 1.82) is 0 Å². The van der Waals surface area contributed by atoms with Crippen LogP contribution in [0.5, 0.6) is 0 Å². The summed E-state index contributed by atoms with van der Waals surface area (Å²) in [6.07, 6.45) is 2.54. The monoisotopic (exact) mass is 271 g/mol. The summed E-state index contributed by atoms with van der Waals surface area (Å²) in [7, 11) is 0. The fourth-order valence-corrected chi connectivity index (χ4v) is 3.30. The fourth-order valence-electron chi connectivity index (χ4n) is 3.30. The van der Waals surface area contributed by atoms with E-state index in [0.717, 1.165) is 39.2 Å². The topological polar surface area (TPSA) is 41.7 Å². The number of hydrogen-bond acceptors (Lipinski definition) is 4. The lowest BCUT2D eigenvalue weighted by atomic mass is 9.89. The van der Waals surface area contributed by atoms with Crippen molar-refractivity contribution in [2.24, 2.45) is 5.73 Å². The molecule has 1 heterocycles. The molecule has 4 nitrogen and oxygen atoms in total. The highest BCUT2D eigenvalue weighted by Gasteiger charge is 2.44. The molecule has 4 heteroatoms. The van der Waals surface area contributed by atoms with Crippen molar-refractivity contribution < 1.29 is 4.74 Å². The summed E-state index contributed by atoms with van der Waals surface area (Å²) in [4.78, 5) is 5.03. The van der Waals surface area contributed by atoms with Crippen molar-refractivity contribution in [1.82, 2.24) is 9.80 Å². The second kappa shape index (κ2) is 8.20. The van der Waals surface area contributed by atoms with E-state index in [2.05, 4.69) is 37.5 Å². The van der Waals surface area contributed by atoms with E-state index in [-0.39, 0.29) is 11.6 Å². The highest BCUT2D eigenvalue weighted by Crippen LogP contribution is 2.31. The van der Waals surface area contributed by atoms with E-state index in [1.54, 1.807) is 0 Å². The Kier molecular flexibility index (Phi) is 7.29. The lowest BCUT2D eigenvalue weighted by Gasteiger charge is -2.42. The van der Waals surface area contributed by atoms with E-state index < -0.39 is 0 Å². The van der Waals surface area contributed by atoms with Crippen LogP contribution in [-0.4, -0.2) is 67.3 Å². The molecular formula is C15H33N3O. The minimum Gasteiger partial charge on any atom is -0.376 e. The Balaban J connectivity index is 2.52. The number of hydrogen-bond donors (Lipinski definition) is 1. The predicted octanol–water partition coefficient (Wildman–Crippen LogP) is 1.55. The summed E-state index contributed by atoms with van der Waals surface area (Å²) in [5.41, 5.74) is 6.15. The van der Waals surface area contributed by atoms with Gasteiger partial charge in [-0.2, -0.15) is 0 Å². The van der Waals surface area contributed by atoms with Crippen molar-refractivity contribution >= 4 is 0 Å². The minimum absolute atomic E-state index is 0.0675. The zero-order chi connectivity index (χ0) is 14.3. The van der Waals surface area contributed by atoms with Crippen molar-refractivity contribution in [3.63, 3.8) is 0 Å². The van der Waals surface area contributed by atoms with Crippen LogP contribution < -0.4 is 5.73 Å². The molecule has 0 aliphatic carbocycles. The number of nitrogens with zero attached hydrogens (tertiary/aromatic N) is 2. The van der Waals surface area contributed by atoms with Gasteiger partial charge in [0.05, 0.1) is 11.6 Å². The minimum atomic E-state index is 0.0675. The fraction of sp³-hybridized carbons (Fsp3) is 1.00. The van der Waals surface area contributed by atoms with Crippen LogP contribution in [0.15, 0.2) is 0 Å². The average molecular weight is 271 g/mol. The van der Waals surface area contributed by atoms with Gasteiger partial charge in [-0.15, -0.1) is 0 Å². The molecule has 114 valence electrons. The standard InChI is InChI=1S/C15H33N3O/c1-5-17(6-2)10-8-11-18(7-3)15(13-16)9-12-19-14(15)4/h14H,5-13,16H2,1-4H3. The van der Waals surface area contributed by atoms with Crippen LogP contribution in [0.2, 0.25) is 0 Å². The maximum atomic E-state index is 6.09. The third kappa shape index (κ3) is 3.91. The number of ether oxygens (including phenoxy) is 1. The van der Waals surface area contributed by atoms with E-state index in [0.29, 0.717) is 6.54 Å². The van der Waals surface area contributed by atoms with Crippen LogP contribution in [0.1, 0.15) is 40.5 Å². The first kappa shape index (κ1) is 16.9. The summed E-state index contributed by atoms with van der Waals surface area (Å²) < 4.78 is 5.78. The van der Waals surface area contributed by atoms with Crippen LogP contribution >= 0.6 is 0 Å². The number of nitrogens with two attached hydrogens (primary N) is 1. The maximum Gasteiger partial charge on any atom is 0.0743 e. The third-order valence-electron chi connectivity index (χ3n) is 4.82. The van der Waals surface area contributed by atoms with Gasteiger partial charge < -0.3 is 15.4 Å². The molecule has 0 radical (unpaired) electrons. The molecule has 2 unspecified atom stereocenters. The van der Waals surface area contributed by atoms with Gasteiger partial charge in [0.15, 0.2) is 0 Å². The SMILES string of the molecule is CCN(CC)CCCN(CC)C1(CN)CCOC1C. The average Bonchev–Trinajstić information content (AvgIpc) is 2.81. The zero-order valence-electron chi connectivity index (χ0n) is 13.3. The maximum absolute atomic E-state index is 6.09. The molecular weight excluding hydrogens is 238 g/mol. The van der Waals surface area contributed by atoms with Gasteiger partial charge in [0.2, 0.25) is 0 Å². The molecule has 0 saturated carbocycles. The Hall–Kier alpha value is -0.160. The quantitative estimate of drug-likeness (QED) is 0.691. The van der Waals surface area contributed by atoms with Gasteiger partial charge in [-0.1, -0.05) is 20.8 Å². The Labute approximate surface area is 119 Å². The summed E-state index contributed by atoms with van der Waals surface area (Å²) >= 11 is 0. The van der Waals surface area contributed by atoms with Crippen molar-refractivity contribution in [2.45, 2.75) is 52.2 Å². The first-order valence-corrected chi connectivity index (χ1v) is 7.93. The second-order valence-corrected chi connectivity index (χ2v) is 5.53. The van der Waals surface area contributed by atoms with E-state index in [1.165, 1.54) is 13.0 Å². The van der Waals surface area contributed by atoms with E-state index in [1.807, 2.05) is 0 Å². The van der Waals surface area contributed by atoms with Crippen LogP contribution in [0, 0.1) is 0 Å². The van der Waals surface area contributed by atoms with Crippen LogP contribution in [-0.2, 0) is 4.74 Å². The first-order valence-electron chi connectivity index (χ1n) is 7.93. The van der Waals surface area contributed by atoms with Gasteiger partial charge in [-0.05, 0) is 45.9 Å². The summed E-state index contributed by atoms with van der Waals surface area (Å²) in [6, 6.07) is 0. The normalized spacial score (nSPS) is 27.6. The molecule has 0 aromatic carbocycles. The molecule has 1 aliphatic heterocycles. The molecule has 0 aromatic heterocycles. The summed E-state index contributed by atoms with van der Waals surface area (Å²) in [5.74, 6) is 0. The molecule has 19 heavy (non-hydrogen) atoms. The molecule has 0 bridgehead atoms. The molecule has 1 saturated heterocycles. The molecule has 1 aliphatic rings. The lowest BCUT2D eigenvalue weighted by molar-refractivity contribution is 0.0152. The predicted molar refractivity (Wildman–Crippen MR) is 81.5 cm³/mol. The molecule has 0 aromatic rings. The van der Waals surface area contributed by atoms with Gasteiger partial charge in [-0.3, -0.25) is 4.90 Å². The molecule has 2 N–H and O–H groups in total. The van der Waals surface area contributed by atoms with Crippen LogP contribution in [0.3, 0.4) is 0 Å². The van der Waals surface area contributed by atoms with E-state index >= 15 is 0 Å². The second-order valence-electron chi connectivity index (χ2n) is 5.53. The Morgan fingerprint density at radius 1 is 1.16 bits per heavy atom. The van der Waals surface area contributed by atoms with Gasteiger partial charge in [0.25, 0.3) is 0 Å². The Morgan fingerprint density at radius 2 is 1.84 bits per heavy atom. The largest absolute Gasteiger partial charge is 0.376 e. The zero-order valence-corrected chi connectivity index (χ0v) is 13.3. The number of rotatable bonds is 9. The third-order valence-corrected chi connectivity index (χ3v) is 4.82. The van der Waals surface area contributed by atoms with Crippen molar-refractivity contribution in [2.75, 3.05) is 45.9 Å². The Morgan fingerprint density at radius 3 is 2.26 bits per heavy atom. The van der Waals surface area contributed by atoms with Crippen molar-refractivity contribution in [3.05, 3.63) is 0 Å². The van der Waals surface area contributed by atoms with Gasteiger partial charge in [0.1, 0.15) is 0 Å². The van der Waals surface area contributed by atoms with E-state index in [9.17, 15) is 0 Å². The van der Waals surface area contributed by atoms with E-state index in [4.69, 9.17) is 10.5 Å². The molecule has 0 spiro atoms.